The zero-order valence-corrected chi connectivity index (χ0v) is 13.2. The van der Waals surface area contributed by atoms with E-state index >= 15 is 0 Å². The van der Waals surface area contributed by atoms with E-state index in [-0.39, 0.29) is 10.6 Å². The van der Waals surface area contributed by atoms with E-state index in [0.29, 0.717) is 11.4 Å². The van der Waals surface area contributed by atoms with Gasteiger partial charge in [-0.25, -0.2) is 12.8 Å². The van der Waals surface area contributed by atoms with Crippen molar-refractivity contribution in [2.45, 2.75) is 11.8 Å². The second-order valence-electron chi connectivity index (χ2n) is 4.61. The number of aryl methyl sites for hydroxylation is 1. The standard InChI is InChI=1S/C15H16FNO4S/c1-10-4-7-14(20-2)13(8-10)17-22(18,19)11-5-6-12(16)15(9-11)21-3/h4-9,17H,1-3H3. The van der Waals surface area contributed by atoms with Gasteiger partial charge in [0.1, 0.15) is 5.75 Å². The van der Waals surface area contributed by atoms with Gasteiger partial charge in [-0.2, -0.15) is 0 Å². The molecule has 0 spiro atoms. The minimum atomic E-state index is -3.89. The molecule has 0 aliphatic rings. The lowest BCUT2D eigenvalue weighted by molar-refractivity contribution is 0.385. The van der Waals surface area contributed by atoms with E-state index in [0.717, 1.165) is 17.7 Å². The molecule has 0 saturated heterocycles. The third kappa shape index (κ3) is 3.30. The van der Waals surface area contributed by atoms with Gasteiger partial charge in [0.05, 0.1) is 24.8 Å². The van der Waals surface area contributed by atoms with Crippen LogP contribution in [0.5, 0.6) is 11.5 Å². The van der Waals surface area contributed by atoms with Crippen molar-refractivity contribution in [1.29, 1.82) is 0 Å². The highest BCUT2D eigenvalue weighted by atomic mass is 32.2. The van der Waals surface area contributed by atoms with Crippen LogP contribution >= 0.6 is 0 Å². The number of hydrogen-bond donors (Lipinski definition) is 1. The Morgan fingerprint density at radius 1 is 1.00 bits per heavy atom. The first kappa shape index (κ1) is 16.1. The summed E-state index contributed by atoms with van der Waals surface area (Å²) in [5, 5.41) is 0. The second kappa shape index (κ2) is 6.23. The average Bonchev–Trinajstić information content (AvgIpc) is 2.47. The molecule has 0 atom stereocenters. The molecule has 0 aliphatic carbocycles. The van der Waals surface area contributed by atoms with Crippen molar-refractivity contribution in [1.82, 2.24) is 0 Å². The molecule has 0 unspecified atom stereocenters. The fourth-order valence-electron chi connectivity index (χ4n) is 1.91. The number of benzene rings is 2. The summed E-state index contributed by atoms with van der Waals surface area (Å²) in [6, 6.07) is 8.45. The maximum Gasteiger partial charge on any atom is 0.262 e. The maximum atomic E-state index is 13.4. The van der Waals surface area contributed by atoms with Crippen LogP contribution in [0, 0.1) is 12.7 Å². The summed E-state index contributed by atoms with van der Waals surface area (Å²) in [6.45, 7) is 1.83. The van der Waals surface area contributed by atoms with E-state index in [1.807, 2.05) is 6.92 Å². The van der Waals surface area contributed by atoms with Gasteiger partial charge < -0.3 is 9.47 Å². The number of halogens is 1. The van der Waals surface area contributed by atoms with Gasteiger partial charge in [0.2, 0.25) is 0 Å². The summed E-state index contributed by atoms with van der Waals surface area (Å²) in [5.74, 6) is -0.378. The summed E-state index contributed by atoms with van der Waals surface area (Å²) in [4.78, 5) is -0.102. The molecule has 0 saturated carbocycles. The molecule has 0 aliphatic heterocycles. The minimum Gasteiger partial charge on any atom is -0.495 e. The number of hydrogen-bond acceptors (Lipinski definition) is 4. The van der Waals surface area contributed by atoms with Crippen molar-refractivity contribution in [3.63, 3.8) is 0 Å². The van der Waals surface area contributed by atoms with Gasteiger partial charge in [-0.05, 0) is 36.8 Å². The molecule has 0 aromatic heterocycles. The van der Waals surface area contributed by atoms with Gasteiger partial charge >= 0.3 is 0 Å². The van der Waals surface area contributed by atoms with Gasteiger partial charge in [-0.3, -0.25) is 4.72 Å². The highest BCUT2D eigenvalue weighted by molar-refractivity contribution is 7.92. The molecule has 118 valence electrons. The van der Waals surface area contributed by atoms with Crippen LogP contribution in [-0.4, -0.2) is 22.6 Å². The first-order valence-electron chi connectivity index (χ1n) is 6.38. The van der Waals surface area contributed by atoms with Crippen LogP contribution in [0.3, 0.4) is 0 Å². The Balaban J connectivity index is 2.42. The Kier molecular flexibility index (Phi) is 4.56. The predicted octanol–water partition coefficient (Wildman–Crippen LogP) is 2.95. The predicted molar refractivity (Wildman–Crippen MR) is 81.5 cm³/mol. The molecule has 2 aromatic carbocycles. The number of ether oxygens (including phenoxy) is 2. The number of nitrogens with one attached hydrogen (secondary N) is 1. The van der Waals surface area contributed by atoms with Crippen molar-refractivity contribution in [2.24, 2.45) is 0 Å². The zero-order chi connectivity index (χ0) is 16.3. The summed E-state index contributed by atoms with van der Waals surface area (Å²) < 4.78 is 50.6. The fourth-order valence-corrected chi connectivity index (χ4v) is 2.99. The van der Waals surface area contributed by atoms with Crippen LogP contribution < -0.4 is 14.2 Å². The number of rotatable bonds is 5. The molecule has 0 bridgehead atoms. The molecule has 1 N–H and O–H groups in total. The van der Waals surface area contributed by atoms with Crippen LogP contribution in [-0.2, 0) is 10.0 Å². The van der Waals surface area contributed by atoms with Crippen LogP contribution in [0.2, 0.25) is 0 Å². The Bertz CT molecular complexity index is 790. The minimum absolute atomic E-state index is 0.102. The highest BCUT2D eigenvalue weighted by Gasteiger charge is 2.18. The SMILES string of the molecule is COc1cc(S(=O)(=O)Nc2cc(C)ccc2OC)ccc1F. The topological polar surface area (TPSA) is 64.6 Å². The van der Waals surface area contributed by atoms with Crippen molar-refractivity contribution >= 4 is 15.7 Å². The second-order valence-corrected chi connectivity index (χ2v) is 6.29. The third-order valence-corrected chi connectivity index (χ3v) is 4.40. The van der Waals surface area contributed by atoms with E-state index in [2.05, 4.69) is 4.72 Å². The lowest BCUT2D eigenvalue weighted by Crippen LogP contribution is -2.14. The van der Waals surface area contributed by atoms with Crippen LogP contribution in [0.4, 0.5) is 10.1 Å². The van der Waals surface area contributed by atoms with Crippen molar-refractivity contribution in [2.75, 3.05) is 18.9 Å². The normalized spacial score (nSPS) is 11.1. The molecule has 2 rings (SSSR count). The lowest BCUT2D eigenvalue weighted by atomic mass is 10.2. The lowest BCUT2D eigenvalue weighted by Gasteiger charge is -2.13. The van der Waals surface area contributed by atoms with Gasteiger partial charge in [-0.1, -0.05) is 6.07 Å². The van der Waals surface area contributed by atoms with Gasteiger partial charge in [0.15, 0.2) is 11.6 Å². The van der Waals surface area contributed by atoms with E-state index < -0.39 is 15.8 Å². The van der Waals surface area contributed by atoms with Crippen LogP contribution in [0.15, 0.2) is 41.3 Å². The number of sulfonamides is 1. The van der Waals surface area contributed by atoms with Gasteiger partial charge in [0, 0.05) is 6.07 Å². The number of anilines is 1. The van der Waals surface area contributed by atoms with E-state index in [9.17, 15) is 12.8 Å². The molecule has 7 heteroatoms. The number of methoxy groups -OCH3 is 2. The summed E-state index contributed by atoms with van der Waals surface area (Å²) in [6.07, 6.45) is 0. The Morgan fingerprint density at radius 3 is 2.32 bits per heavy atom. The molecule has 5 nitrogen and oxygen atoms in total. The highest BCUT2D eigenvalue weighted by Crippen LogP contribution is 2.29. The zero-order valence-electron chi connectivity index (χ0n) is 12.4. The Labute approximate surface area is 128 Å². The summed E-state index contributed by atoms with van der Waals surface area (Å²) in [7, 11) is -1.17. The molecule has 0 fully saturated rings. The van der Waals surface area contributed by atoms with Crippen molar-refractivity contribution < 1.29 is 22.3 Å². The van der Waals surface area contributed by atoms with E-state index in [1.165, 1.54) is 20.3 Å². The van der Waals surface area contributed by atoms with Gasteiger partial charge in [-0.15, -0.1) is 0 Å². The third-order valence-electron chi connectivity index (χ3n) is 3.03. The summed E-state index contributed by atoms with van der Waals surface area (Å²) >= 11 is 0. The van der Waals surface area contributed by atoms with Crippen LogP contribution in [0.1, 0.15) is 5.56 Å². The summed E-state index contributed by atoms with van der Waals surface area (Å²) in [5.41, 5.74) is 1.18. The Hall–Kier alpha value is -2.28. The molecule has 0 amide bonds. The van der Waals surface area contributed by atoms with Crippen LogP contribution in [0.25, 0.3) is 0 Å². The van der Waals surface area contributed by atoms with Gasteiger partial charge in [0.25, 0.3) is 10.0 Å². The quantitative estimate of drug-likeness (QED) is 0.918. The van der Waals surface area contributed by atoms with E-state index in [4.69, 9.17) is 9.47 Å². The molecular weight excluding hydrogens is 309 g/mol. The fraction of sp³-hybridized carbons (Fsp3) is 0.200. The van der Waals surface area contributed by atoms with E-state index in [1.54, 1.807) is 18.2 Å². The van der Waals surface area contributed by atoms with Crippen molar-refractivity contribution in [3.8, 4) is 11.5 Å². The smallest absolute Gasteiger partial charge is 0.262 e. The maximum absolute atomic E-state index is 13.4. The molecule has 0 heterocycles. The first-order chi connectivity index (χ1) is 10.4. The molecule has 22 heavy (non-hydrogen) atoms. The molecule has 0 radical (unpaired) electrons. The molecule has 2 aromatic rings. The van der Waals surface area contributed by atoms with Crippen molar-refractivity contribution in [3.05, 3.63) is 47.8 Å². The average molecular weight is 325 g/mol. The first-order valence-corrected chi connectivity index (χ1v) is 7.86. The molecular formula is C15H16FNO4S. The Morgan fingerprint density at radius 2 is 1.68 bits per heavy atom. The largest absolute Gasteiger partial charge is 0.495 e. The monoisotopic (exact) mass is 325 g/mol.